The van der Waals surface area contributed by atoms with Crippen molar-refractivity contribution >= 4 is 21.2 Å². The van der Waals surface area contributed by atoms with Crippen LogP contribution in [0, 0.1) is 10.1 Å². The predicted octanol–water partition coefficient (Wildman–Crippen LogP) is 2.23. The van der Waals surface area contributed by atoms with E-state index in [1.54, 1.807) is 6.07 Å². The van der Waals surface area contributed by atoms with Crippen molar-refractivity contribution in [1.82, 2.24) is 0 Å². The predicted molar refractivity (Wildman–Crippen MR) is 81.7 cm³/mol. The van der Waals surface area contributed by atoms with Gasteiger partial charge in [-0.2, -0.15) is 0 Å². The van der Waals surface area contributed by atoms with Crippen LogP contribution >= 0.6 is 0 Å². The fraction of sp³-hybridized carbons (Fsp3) is 0.538. The summed E-state index contributed by atoms with van der Waals surface area (Å²) in [7, 11) is -3.00. The molecule has 1 aromatic rings. The van der Waals surface area contributed by atoms with Gasteiger partial charge in [0.25, 0.3) is 5.69 Å². The molecule has 0 unspecified atom stereocenters. The molecule has 0 saturated carbocycles. The Labute approximate surface area is 124 Å². The lowest BCUT2D eigenvalue weighted by Gasteiger charge is -2.12. The average molecular weight is 316 g/mol. The van der Waals surface area contributed by atoms with Crippen LogP contribution in [0.1, 0.15) is 20.3 Å². The van der Waals surface area contributed by atoms with E-state index in [0.29, 0.717) is 24.4 Å². The Hall–Kier alpha value is -1.83. The van der Waals surface area contributed by atoms with E-state index in [1.165, 1.54) is 18.4 Å². The lowest BCUT2D eigenvalue weighted by atomic mass is 10.2. The Morgan fingerprint density at radius 1 is 1.33 bits per heavy atom. The topological polar surface area (TPSA) is 98.5 Å². The number of nitro groups is 1. The molecule has 0 spiro atoms. The van der Waals surface area contributed by atoms with Crippen molar-refractivity contribution in [3.63, 3.8) is 0 Å². The van der Waals surface area contributed by atoms with Crippen molar-refractivity contribution in [3.05, 3.63) is 28.3 Å². The van der Waals surface area contributed by atoms with Crippen LogP contribution in [0.3, 0.4) is 0 Å². The van der Waals surface area contributed by atoms with E-state index in [1.807, 2.05) is 13.8 Å². The van der Waals surface area contributed by atoms with Gasteiger partial charge in [0.2, 0.25) is 0 Å². The molecule has 8 heteroatoms. The van der Waals surface area contributed by atoms with E-state index >= 15 is 0 Å². The van der Waals surface area contributed by atoms with Gasteiger partial charge < -0.3 is 10.1 Å². The van der Waals surface area contributed by atoms with Gasteiger partial charge >= 0.3 is 0 Å². The van der Waals surface area contributed by atoms with Crippen LogP contribution in [-0.2, 0) is 9.84 Å². The van der Waals surface area contributed by atoms with E-state index in [-0.39, 0.29) is 17.5 Å². The first-order valence-corrected chi connectivity index (χ1v) is 8.61. The van der Waals surface area contributed by atoms with E-state index in [2.05, 4.69) is 5.32 Å². The van der Waals surface area contributed by atoms with Crippen molar-refractivity contribution in [3.8, 4) is 5.75 Å². The quantitative estimate of drug-likeness (QED) is 0.448. The number of non-ortho nitro benzene ring substituents is 1. The summed E-state index contributed by atoms with van der Waals surface area (Å²) in [5, 5.41) is 13.9. The van der Waals surface area contributed by atoms with Crippen molar-refractivity contribution in [2.75, 3.05) is 23.9 Å². The lowest BCUT2D eigenvalue weighted by molar-refractivity contribution is -0.384. The highest BCUT2D eigenvalue weighted by atomic mass is 32.2. The molecule has 7 nitrogen and oxygen atoms in total. The maximum atomic E-state index is 11.0. The third-order valence-electron chi connectivity index (χ3n) is 2.49. The number of ether oxygens (including phenoxy) is 1. The van der Waals surface area contributed by atoms with Crippen LogP contribution in [-0.4, -0.2) is 38.0 Å². The highest BCUT2D eigenvalue weighted by Gasteiger charge is 2.11. The van der Waals surface area contributed by atoms with Gasteiger partial charge in [-0.1, -0.05) is 0 Å². The average Bonchev–Trinajstić information content (AvgIpc) is 2.32. The summed E-state index contributed by atoms with van der Waals surface area (Å²) in [5.74, 6) is 0.481. The standard InChI is InChI=1S/C13H20N2O5S/c1-10(2)20-13-8-11(7-12(9-13)15(16)17)14-5-4-6-21(3,18)19/h7-10,14H,4-6H2,1-3H3. The molecule has 0 amide bonds. The smallest absolute Gasteiger partial charge is 0.275 e. The first kappa shape index (κ1) is 17.2. The van der Waals surface area contributed by atoms with Crippen LogP contribution in [0.4, 0.5) is 11.4 Å². The summed E-state index contributed by atoms with van der Waals surface area (Å²) in [4.78, 5) is 10.4. The minimum atomic E-state index is -3.00. The Morgan fingerprint density at radius 3 is 2.52 bits per heavy atom. The van der Waals surface area contributed by atoms with Crippen molar-refractivity contribution in [2.24, 2.45) is 0 Å². The molecule has 0 heterocycles. The van der Waals surface area contributed by atoms with Gasteiger partial charge in [-0.3, -0.25) is 10.1 Å². The van der Waals surface area contributed by atoms with Crippen LogP contribution in [0.25, 0.3) is 0 Å². The highest BCUT2D eigenvalue weighted by molar-refractivity contribution is 7.90. The van der Waals surface area contributed by atoms with Gasteiger partial charge in [0.05, 0.1) is 22.8 Å². The molecule has 1 aromatic carbocycles. The van der Waals surface area contributed by atoms with Gasteiger partial charge in [0.1, 0.15) is 15.6 Å². The molecule has 0 aliphatic heterocycles. The minimum Gasteiger partial charge on any atom is -0.491 e. The number of hydrogen-bond acceptors (Lipinski definition) is 6. The SMILES string of the molecule is CC(C)Oc1cc(NCCCS(C)(=O)=O)cc([N+](=O)[O-])c1. The Kier molecular flexibility index (Phi) is 5.95. The Morgan fingerprint density at radius 2 is 2.00 bits per heavy atom. The first-order valence-electron chi connectivity index (χ1n) is 6.55. The van der Waals surface area contributed by atoms with Crippen molar-refractivity contribution < 1.29 is 18.1 Å². The van der Waals surface area contributed by atoms with Gasteiger partial charge in [-0.25, -0.2) is 8.42 Å². The van der Waals surface area contributed by atoms with E-state index in [0.717, 1.165) is 0 Å². The summed E-state index contributed by atoms with van der Waals surface area (Å²) in [6, 6.07) is 4.42. The summed E-state index contributed by atoms with van der Waals surface area (Å²) in [5.41, 5.74) is 0.465. The van der Waals surface area contributed by atoms with Gasteiger partial charge in [-0.15, -0.1) is 0 Å². The zero-order valence-corrected chi connectivity index (χ0v) is 13.1. The number of sulfone groups is 1. The highest BCUT2D eigenvalue weighted by Crippen LogP contribution is 2.26. The largest absolute Gasteiger partial charge is 0.491 e. The summed E-state index contributed by atoms with van der Waals surface area (Å²) in [6.45, 7) is 4.07. The maximum absolute atomic E-state index is 11.0. The number of nitrogens with zero attached hydrogens (tertiary/aromatic N) is 1. The molecule has 0 aliphatic rings. The van der Waals surface area contributed by atoms with E-state index < -0.39 is 14.8 Å². The molecule has 0 saturated heterocycles. The Balaban J connectivity index is 2.76. The number of nitro benzene ring substituents is 1. The molecule has 0 radical (unpaired) electrons. The second-order valence-electron chi connectivity index (χ2n) is 5.05. The lowest BCUT2D eigenvalue weighted by Crippen LogP contribution is -2.10. The molecule has 1 N–H and O–H groups in total. The maximum Gasteiger partial charge on any atom is 0.275 e. The third-order valence-corrected chi connectivity index (χ3v) is 3.53. The number of hydrogen-bond donors (Lipinski definition) is 1. The van der Waals surface area contributed by atoms with Crippen LogP contribution in [0.5, 0.6) is 5.75 Å². The molecular weight excluding hydrogens is 296 g/mol. The van der Waals surface area contributed by atoms with E-state index in [9.17, 15) is 18.5 Å². The first-order chi connectivity index (χ1) is 9.67. The zero-order chi connectivity index (χ0) is 16.0. The van der Waals surface area contributed by atoms with Crippen LogP contribution in [0.2, 0.25) is 0 Å². The van der Waals surface area contributed by atoms with Crippen LogP contribution < -0.4 is 10.1 Å². The Bertz CT molecular complexity index is 599. The zero-order valence-electron chi connectivity index (χ0n) is 12.3. The number of nitrogens with one attached hydrogen (secondary N) is 1. The molecular formula is C13H20N2O5S. The summed E-state index contributed by atoms with van der Waals surface area (Å²) >= 11 is 0. The normalized spacial score (nSPS) is 11.4. The second kappa shape index (κ2) is 7.26. The number of benzene rings is 1. The van der Waals surface area contributed by atoms with Crippen molar-refractivity contribution in [2.45, 2.75) is 26.4 Å². The fourth-order valence-corrected chi connectivity index (χ4v) is 2.37. The second-order valence-corrected chi connectivity index (χ2v) is 7.31. The van der Waals surface area contributed by atoms with Crippen molar-refractivity contribution in [1.29, 1.82) is 0 Å². The molecule has 0 aromatic heterocycles. The third kappa shape index (κ3) is 6.94. The molecule has 0 aliphatic carbocycles. The van der Waals surface area contributed by atoms with Gasteiger partial charge in [0, 0.05) is 30.6 Å². The number of rotatable bonds is 8. The van der Waals surface area contributed by atoms with Gasteiger partial charge in [0.15, 0.2) is 0 Å². The monoisotopic (exact) mass is 316 g/mol. The van der Waals surface area contributed by atoms with E-state index in [4.69, 9.17) is 4.74 Å². The summed E-state index contributed by atoms with van der Waals surface area (Å²) in [6.07, 6.45) is 1.52. The molecule has 21 heavy (non-hydrogen) atoms. The number of anilines is 1. The molecule has 0 bridgehead atoms. The fourth-order valence-electron chi connectivity index (χ4n) is 1.70. The summed E-state index contributed by atoms with van der Waals surface area (Å²) < 4.78 is 27.5. The molecule has 118 valence electrons. The minimum absolute atomic E-state index is 0.0706. The van der Waals surface area contributed by atoms with Gasteiger partial charge in [-0.05, 0) is 20.3 Å². The van der Waals surface area contributed by atoms with Crippen LogP contribution in [0.15, 0.2) is 18.2 Å². The molecule has 0 fully saturated rings. The molecule has 1 rings (SSSR count). The molecule has 0 atom stereocenters.